The van der Waals surface area contributed by atoms with Gasteiger partial charge in [-0.1, -0.05) is 5.16 Å². The van der Waals surface area contributed by atoms with Gasteiger partial charge in [-0.15, -0.1) is 11.8 Å². The molecule has 2 atom stereocenters. The molecule has 1 saturated heterocycles. The number of carbonyl (C=O) groups excluding carboxylic acids is 3. The third-order valence-electron chi connectivity index (χ3n) is 4.17. The summed E-state index contributed by atoms with van der Waals surface area (Å²) in [6.45, 7) is -0.241. The normalized spacial score (nSPS) is 20.0. The minimum Gasteiger partial charge on any atom is -0.479 e. The standard InChI is InChI=1S/C16H16N6O9S2/c1-5(23)30-3-6-11(15(28)29)22-7(24)2-8(22)32-14(6)19-13(27)10(20-31-4-9(25)26)12-18-16(17)33-21-12/h8,14H,2-4H2,1H3,(H,19,27)(H,25,26)(H,28,29)(H2,17,18,21)/b20-10-. The van der Waals surface area contributed by atoms with Gasteiger partial charge in [-0.2, -0.15) is 9.36 Å². The van der Waals surface area contributed by atoms with Gasteiger partial charge in [0.15, 0.2) is 5.13 Å². The van der Waals surface area contributed by atoms with Gasteiger partial charge in [-0.05, 0) is 0 Å². The van der Waals surface area contributed by atoms with Gasteiger partial charge in [0.2, 0.25) is 24.1 Å². The van der Waals surface area contributed by atoms with E-state index in [0.29, 0.717) is 0 Å². The largest absolute Gasteiger partial charge is 0.479 e. The number of aliphatic carboxylic acids is 2. The molecule has 0 spiro atoms. The van der Waals surface area contributed by atoms with Gasteiger partial charge in [-0.25, -0.2) is 9.59 Å². The Morgan fingerprint density at radius 2 is 2.06 bits per heavy atom. The fourth-order valence-electron chi connectivity index (χ4n) is 2.82. The van der Waals surface area contributed by atoms with Crippen LogP contribution in [-0.2, 0) is 33.5 Å². The van der Waals surface area contributed by atoms with E-state index in [1.165, 1.54) is 0 Å². The highest BCUT2D eigenvalue weighted by atomic mass is 32.2. The summed E-state index contributed by atoms with van der Waals surface area (Å²) in [5, 5.41) is 22.8. The summed E-state index contributed by atoms with van der Waals surface area (Å²) in [7, 11) is 0. The number of carboxylic acids is 2. The molecule has 0 aromatic carbocycles. The first kappa shape index (κ1) is 23.9. The molecule has 15 nitrogen and oxygen atoms in total. The van der Waals surface area contributed by atoms with Gasteiger partial charge < -0.3 is 30.8 Å². The highest BCUT2D eigenvalue weighted by Crippen LogP contribution is 2.43. The first-order valence-corrected chi connectivity index (χ1v) is 10.7. The van der Waals surface area contributed by atoms with E-state index < -0.39 is 65.1 Å². The number of esters is 1. The van der Waals surface area contributed by atoms with Crippen LogP contribution in [0.2, 0.25) is 0 Å². The molecule has 3 rings (SSSR count). The fourth-order valence-corrected chi connectivity index (χ4v) is 4.67. The Morgan fingerprint density at radius 3 is 2.61 bits per heavy atom. The molecule has 0 aliphatic carbocycles. The molecule has 2 aliphatic rings. The fraction of sp³-hybridized carbons (Fsp3) is 0.375. The number of β-lactam (4-membered cyclic amide) rings is 1. The van der Waals surface area contributed by atoms with E-state index in [1.807, 2.05) is 0 Å². The molecule has 0 saturated carbocycles. The van der Waals surface area contributed by atoms with Crippen LogP contribution in [-0.4, -0.2) is 83.9 Å². The van der Waals surface area contributed by atoms with E-state index in [0.717, 1.165) is 35.1 Å². The Balaban J connectivity index is 1.93. The molecule has 2 amide bonds. The Morgan fingerprint density at radius 1 is 1.33 bits per heavy atom. The molecule has 1 aromatic heterocycles. The maximum Gasteiger partial charge on any atom is 0.352 e. The molecule has 33 heavy (non-hydrogen) atoms. The molecule has 1 fully saturated rings. The quantitative estimate of drug-likeness (QED) is 0.132. The minimum absolute atomic E-state index is 0.00278. The molecule has 1 aromatic rings. The molecule has 17 heteroatoms. The first-order chi connectivity index (χ1) is 15.6. The molecule has 176 valence electrons. The van der Waals surface area contributed by atoms with E-state index in [1.54, 1.807) is 0 Å². The zero-order valence-corrected chi connectivity index (χ0v) is 18.3. The lowest BCUT2D eigenvalue weighted by Crippen LogP contribution is -2.58. The lowest BCUT2D eigenvalue weighted by molar-refractivity contribution is -0.146. The van der Waals surface area contributed by atoms with E-state index in [2.05, 4.69) is 24.7 Å². The summed E-state index contributed by atoms with van der Waals surface area (Å²) >= 11 is 1.80. The van der Waals surface area contributed by atoms with Crippen molar-refractivity contribution in [2.24, 2.45) is 5.16 Å². The summed E-state index contributed by atoms with van der Waals surface area (Å²) in [5.41, 5.74) is 4.57. The number of rotatable bonds is 9. The summed E-state index contributed by atoms with van der Waals surface area (Å²) < 4.78 is 8.78. The van der Waals surface area contributed by atoms with E-state index in [4.69, 9.17) is 15.6 Å². The molecule has 2 aliphatic heterocycles. The second-order valence-electron chi connectivity index (χ2n) is 6.43. The zero-order valence-electron chi connectivity index (χ0n) is 16.7. The van der Waals surface area contributed by atoms with Crippen LogP contribution >= 0.6 is 23.3 Å². The van der Waals surface area contributed by atoms with E-state index in [-0.39, 0.29) is 22.9 Å². The number of ether oxygens (including phenoxy) is 1. The van der Waals surface area contributed by atoms with Crippen LogP contribution in [0, 0.1) is 0 Å². The average Bonchev–Trinajstić information content (AvgIpc) is 3.14. The number of amides is 2. The van der Waals surface area contributed by atoms with Gasteiger partial charge in [0, 0.05) is 24.0 Å². The lowest BCUT2D eigenvalue weighted by atomic mass is 10.1. The number of thioether (sulfide) groups is 1. The highest BCUT2D eigenvalue weighted by Gasteiger charge is 2.49. The number of nitrogen functional groups attached to an aromatic ring is 1. The third-order valence-corrected chi connectivity index (χ3v) is 6.08. The number of nitrogens with two attached hydrogens (primary N) is 1. The van der Waals surface area contributed by atoms with Crippen molar-refractivity contribution in [1.82, 2.24) is 19.6 Å². The number of aromatic nitrogens is 2. The van der Waals surface area contributed by atoms with Crippen molar-refractivity contribution in [3.8, 4) is 0 Å². The Labute approximate surface area is 192 Å². The first-order valence-electron chi connectivity index (χ1n) is 8.97. The highest BCUT2D eigenvalue weighted by molar-refractivity contribution is 8.00. The van der Waals surface area contributed by atoms with Crippen LogP contribution in [0.3, 0.4) is 0 Å². The summed E-state index contributed by atoms with van der Waals surface area (Å²) in [6, 6.07) is 0. The number of hydrogen-bond acceptors (Lipinski definition) is 13. The van der Waals surface area contributed by atoms with E-state index in [9.17, 15) is 29.1 Å². The summed E-state index contributed by atoms with van der Waals surface area (Å²) in [4.78, 5) is 68.4. The Kier molecular flexibility index (Phi) is 7.12. The number of oxime groups is 1. The van der Waals surface area contributed by atoms with Crippen LogP contribution in [0.1, 0.15) is 19.2 Å². The van der Waals surface area contributed by atoms with Crippen molar-refractivity contribution < 1.29 is 43.8 Å². The van der Waals surface area contributed by atoms with Crippen molar-refractivity contribution in [2.75, 3.05) is 18.9 Å². The second-order valence-corrected chi connectivity index (χ2v) is 8.51. The van der Waals surface area contributed by atoms with Crippen molar-refractivity contribution >= 4 is 63.9 Å². The lowest BCUT2D eigenvalue weighted by Gasteiger charge is -2.46. The van der Waals surface area contributed by atoms with Gasteiger partial charge >= 0.3 is 17.9 Å². The maximum absolute atomic E-state index is 13.0. The maximum atomic E-state index is 13.0. The Hall–Kier alpha value is -3.73. The topological polar surface area (TPSA) is 224 Å². The van der Waals surface area contributed by atoms with Gasteiger partial charge in [0.1, 0.15) is 17.7 Å². The van der Waals surface area contributed by atoms with Crippen molar-refractivity contribution in [3.63, 3.8) is 0 Å². The molecular weight excluding hydrogens is 484 g/mol. The van der Waals surface area contributed by atoms with Crippen molar-refractivity contribution in [1.29, 1.82) is 0 Å². The SMILES string of the molecule is CC(=O)OCC1=C(C(=O)O)N2C(=O)CC2SC1NC(=O)/C(=N\OCC(=O)O)c1nsc(N)n1. The van der Waals surface area contributed by atoms with Crippen LogP contribution in [0.25, 0.3) is 0 Å². The Bertz CT molecular complexity index is 1080. The van der Waals surface area contributed by atoms with Crippen LogP contribution < -0.4 is 11.1 Å². The van der Waals surface area contributed by atoms with Crippen LogP contribution in [0.5, 0.6) is 0 Å². The minimum atomic E-state index is -1.44. The molecule has 0 bridgehead atoms. The van der Waals surface area contributed by atoms with Gasteiger partial charge in [0.25, 0.3) is 5.91 Å². The van der Waals surface area contributed by atoms with E-state index >= 15 is 0 Å². The summed E-state index contributed by atoms with van der Waals surface area (Å²) in [6.07, 6.45) is 0.0432. The second kappa shape index (κ2) is 9.82. The molecule has 0 radical (unpaired) electrons. The predicted octanol–water partition coefficient (Wildman–Crippen LogP) is -1.43. The number of nitrogens with zero attached hydrogens (tertiary/aromatic N) is 4. The number of carboxylic acid groups (broad SMARTS) is 2. The average molecular weight is 500 g/mol. The monoisotopic (exact) mass is 500 g/mol. The van der Waals surface area contributed by atoms with Gasteiger partial charge in [0.05, 0.1) is 11.8 Å². The van der Waals surface area contributed by atoms with Crippen LogP contribution in [0.4, 0.5) is 5.13 Å². The number of hydrogen-bond donors (Lipinski definition) is 4. The van der Waals surface area contributed by atoms with Crippen LogP contribution in [0.15, 0.2) is 16.4 Å². The number of fused-ring (bicyclic) bond motifs is 1. The third kappa shape index (κ3) is 5.37. The zero-order chi connectivity index (χ0) is 24.3. The molecule has 3 heterocycles. The van der Waals surface area contributed by atoms with Crippen molar-refractivity contribution in [2.45, 2.75) is 24.1 Å². The van der Waals surface area contributed by atoms with Gasteiger partial charge in [-0.3, -0.25) is 19.3 Å². The van der Waals surface area contributed by atoms with Crippen molar-refractivity contribution in [3.05, 3.63) is 17.1 Å². The molecule has 5 N–H and O–H groups in total. The number of anilines is 1. The smallest absolute Gasteiger partial charge is 0.352 e. The number of nitrogens with one attached hydrogen (secondary N) is 1. The summed E-state index contributed by atoms with van der Waals surface area (Å²) in [5.74, 6) is -5.11. The molecule has 2 unspecified atom stereocenters. The predicted molar refractivity (Wildman–Crippen MR) is 111 cm³/mol. The number of carbonyl (C=O) groups is 5. The molecular formula is C16H16N6O9S2.